The van der Waals surface area contributed by atoms with Crippen LogP contribution >= 0.6 is 7.82 Å². The number of allylic oxidation sites excluding steroid dienone is 14. The van der Waals surface area contributed by atoms with Crippen molar-refractivity contribution in [2.75, 3.05) is 47.5 Å². The smallest absolute Gasteiger partial charge is 0.306 e. The lowest BCUT2D eigenvalue weighted by Gasteiger charge is -2.28. The van der Waals surface area contributed by atoms with Crippen LogP contribution in [0.25, 0.3) is 0 Å². The number of carbonyl (C=O) groups is 3. The molecule has 0 heterocycles. The molecule has 0 radical (unpaired) electrons. The van der Waals surface area contributed by atoms with E-state index in [9.17, 15) is 23.8 Å². The highest BCUT2D eigenvalue weighted by Crippen LogP contribution is 2.38. The number of hydrogen-bond acceptors (Lipinski definition) is 9. The second-order valence-corrected chi connectivity index (χ2v) is 16.4. The first kappa shape index (κ1) is 53.9. The molecule has 10 nitrogen and oxygen atoms in total. The van der Waals surface area contributed by atoms with E-state index in [0.717, 1.165) is 64.2 Å². The molecule has 0 aromatic rings. The van der Waals surface area contributed by atoms with Crippen molar-refractivity contribution in [3.63, 3.8) is 0 Å². The number of ketones is 1. The predicted molar refractivity (Wildman–Crippen MR) is 231 cm³/mol. The Labute approximate surface area is 346 Å². The van der Waals surface area contributed by atoms with Gasteiger partial charge in [-0.25, -0.2) is 0 Å². The maximum atomic E-state index is 12.6. The van der Waals surface area contributed by atoms with E-state index in [0.29, 0.717) is 36.7 Å². The molecule has 0 saturated heterocycles. The quantitative estimate of drug-likeness (QED) is 0.0114. The van der Waals surface area contributed by atoms with E-state index in [-0.39, 0.29) is 31.8 Å². The molecule has 0 bridgehead atoms. The number of ether oxygens (including phenoxy) is 2. The van der Waals surface area contributed by atoms with E-state index in [1.54, 1.807) is 12.2 Å². The van der Waals surface area contributed by atoms with Crippen molar-refractivity contribution in [2.45, 2.75) is 142 Å². The van der Waals surface area contributed by atoms with Crippen molar-refractivity contribution in [1.29, 1.82) is 0 Å². The zero-order valence-electron chi connectivity index (χ0n) is 36.0. The molecule has 0 aliphatic heterocycles. The minimum atomic E-state index is -4.66. The largest absolute Gasteiger partial charge is 0.756 e. The van der Waals surface area contributed by atoms with Gasteiger partial charge in [-0.1, -0.05) is 119 Å². The van der Waals surface area contributed by atoms with Crippen LogP contribution in [0, 0.1) is 0 Å². The van der Waals surface area contributed by atoms with Crippen molar-refractivity contribution in [2.24, 2.45) is 0 Å². The number of likely N-dealkylation sites (N-methyl/N-ethyl adjacent to an activating group) is 1. The number of carbonyl (C=O) groups excluding carboxylic acids is 3. The molecule has 0 aromatic carbocycles. The van der Waals surface area contributed by atoms with Crippen molar-refractivity contribution in [1.82, 2.24) is 0 Å². The van der Waals surface area contributed by atoms with Gasteiger partial charge < -0.3 is 27.9 Å². The molecule has 0 spiro atoms. The lowest BCUT2D eigenvalue weighted by Crippen LogP contribution is -2.37. The van der Waals surface area contributed by atoms with Gasteiger partial charge in [0.2, 0.25) is 0 Å². The van der Waals surface area contributed by atoms with Crippen LogP contribution in [-0.2, 0) is 37.5 Å². The molecule has 0 saturated carbocycles. The fourth-order valence-corrected chi connectivity index (χ4v) is 5.69. The number of rotatable bonds is 37. The van der Waals surface area contributed by atoms with Crippen LogP contribution in [0.2, 0.25) is 0 Å². The second-order valence-electron chi connectivity index (χ2n) is 15.0. The van der Waals surface area contributed by atoms with Crippen LogP contribution in [0.1, 0.15) is 136 Å². The molecule has 0 rings (SSSR count). The molecule has 0 N–H and O–H groups in total. The fraction of sp³-hybridized carbons (Fsp3) is 0.630. The number of esters is 2. The summed E-state index contributed by atoms with van der Waals surface area (Å²) < 4.78 is 33.7. The van der Waals surface area contributed by atoms with Crippen LogP contribution in [-0.4, -0.2) is 75.8 Å². The van der Waals surface area contributed by atoms with Crippen LogP contribution in [0.15, 0.2) is 85.1 Å². The van der Waals surface area contributed by atoms with E-state index in [2.05, 4.69) is 62.5 Å². The molecule has 0 amide bonds. The Bertz CT molecular complexity index is 1310. The van der Waals surface area contributed by atoms with E-state index >= 15 is 0 Å². The number of quaternary nitrogens is 1. The lowest BCUT2D eigenvalue weighted by atomic mass is 10.1. The van der Waals surface area contributed by atoms with Crippen molar-refractivity contribution in [3.05, 3.63) is 85.1 Å². The molecule has 2 atom stereocenters. The van der Waals surface area contributed by atoms with E-state index < -0.39 is 32.5 Å². The third-order valence-corrected chi connectivity index (χ3v) is 9.33. The van der Waals surface area contributed by atoms with Crippen LogP contribution in [0.3, 0.4) is 0 Å². The molecule has 11 heteroatoms. The Morgan fingerprint density at radius 3 is 1.70 bits per heavy atom. The molecule has 0 aliphatic carbocycles. The van der Waals surface area contributed by atoms with Crippen LogP contribution < -0.4 is 4.89 Å². The van der Waals surface area contributed by atoms with Gasteiger partial charge in [0.1, 0.15) is 19.8 Å². The van der Waals surface area contributed by atoms with Crippen molar-refractivity contribution >= 4 is 25.5 Å². The summed E-state index contributed by atoms with van der Waals surface area (Å²) in [5, 5.41) is 0. The Balaban J connectivity index is 4.60. The monoisotopic (exact) mass is 818 g/mol. The summed E-state index contributed by atoms with van der Waals surface area (Å²) in [6.07, 6.45) is 43.2. The summed E-state index contributed by atoms with van der Waals surface area (Å²) in [6, 6.07) is 0. The topological polar surface area (TPSA) is 128 Å². The summed E-state index contributed by atoms with van der Waals surface area (Å²) in [4.78, 5) is 49.2. The van der Waals surface area contributed by atoms with Crippen molar-refractivity contribution in [3.8, 4) is 0 Å². The van der Waals surface area contributed by atoms with Crippen LogP contribution in [0.4, 0.5) is 0 Å². The van der Waals surface area contributed by atoms with Gasteiger partial charge in [-0.15, -0.1) is 0 Å². The molecular formula is C46H76NO9P. The summed E-state index contributed by atoms with van der Waals surface area (Å²) in [7, 11) is 1.06. The third-order valence-electron chi connectivity index (χ3n) is 8.36. The van der Waals surface area contributed by atoms with Gasteiger partial charge in [-0.05, 0) is 83.1 Å². The van der Waals surface area contributed by atoms with Gasteiger partial charge in [0.25, 0.3) is 7.82 Å². The Morgan fingerprint density at radius 2 is 1.11 bits per heavy atom. The zero-order valence-corrected chi connectivity index (χ0v) is 36.9. The summed E-state index contributed by atoms with van der Waals surface area (Å²) in [5.41, 5.74) is 0. The summed E-state index contributed by atoms with van der Waals surface area (Å²) in [5.74, 6) is -0.824. The maximum absolute atomic E-state index is 12.6. The maximum Gasteiger partial charge on any atom is 0.306 e. The van der Waals surface area contributed by atoms with Gasteiger partial charge in [-0.3, -0.25) is 18.9 Å². The van der Waals surface area contributed by atoms with Crippen molar-refractivity contribution < 1.29 is 46.8 Å². The highest BCUT2D eigenvalue weighted by molar-refractivity contribution is 7.45. The molecular weight excluding hydrogens is 741 g/mol. The van der Waals surface area contributed by atoms with Gasteiger partial charge >= 0.3 is 11.9 Å². The van der Waals surface area contributed by atoms with Gasteiger partial charge in [0.15, 0.2) is 11.9 Å². The highest BCUT2D eigenvalue weighted by atomic mass is 31.2. The average molecular weight is 818 g/mol. The van der Waals surface area contributed by atoms with E-state index in [1.807, 2.05) is 45.4 Å². The average Bonchev–Trinajstić information content (AvgIpc) is 3.15. The first-order valence-electron chi connectivity index (χ1n) is 21.2. The Hall–Kier alpha value is -3.14. The molecule has 57 heavy (non-hydrogen) atoms. The Kier molecular flexibility index (Phi) is 35.1. The number of hydrogen-bond donors (Lipinski definition) is 0. The first-order chi connectivity index (χ1) is 27.4. The fourth-order valence-electron chi connectivity index (χ4n) is 4.96. The third kappa shape index (κ3) is 40.8. The normalized spacial score (nSPS) is 14.4. The number of unbranched alkanes of at least 4 members (excludes halogenated alkanes) is 8. The number of nitrogens with zero attached hydrogens (tertiary/aromatic N) is 1. The SMILES string of the molecule is CCCCC/C=C\C/C=C\C/C=C\CCCCC(=O)O[C@H](COC(=O)CCC/C=C\C/C=C\C/C=C\C=C\C(=O)CCCCC)COP(=O)([O-])OCC[N+](C)(C)C. The van der Waals surface area contributed by atoms with E-state index in [4.69, 9.17) is 18.5 Å². The standard InChI is InChI=1S/C46H76NO9P/c1-6-8-10-11-12-13-14-15-16-17-20-24-27-30-34-38-46(50)56-44(42-55-57(51,52)54-40-39-47(3,4)5)41-53-45(49)37-33-29-26-23-21-18-19-22-25-28-32-36-43(48)35-31-9-7-2/h12-13,15-16,18-20,23-26,28,32,36,44H,6-11,14,17,21-22,27,29-31,33-35,37-42H2,1-5H3/b13-12-,16-15-,19-18-,24-20-,26-23-,28-25-,36-32+/t44-/m1/s1. The predicted octanol–water partition coefficient (Wildman–Crippen LogP) is 10.6. The highest BCUT2D eigenvalue weighted by Gasteiger charge is 2.21. The Morgan fingerprint density at radius 1 is 0.596 bits per heavy atom. The summed E-state index contributed by atoms with van der Waals surface area (Å²) in [6.45, 7) is 3.87. The van der Waals surface area contributed by atoms with Gasteiger partial charge in [-0.2, -0.15) is 0 Å². The zero-order chi connectivity index (χ0) is 42.3. The lowest BCUT2D eigenvalue weighted by molar-refractivity contribution is -0.870. The van der Waals surface area contributed by atoms with Crippen LogP contribution in [0.5, 0.6) is 0 Å². The van der Waals surface area contributed by atoms with Gasteiger partial charge in [0.05, 0.1) is 27.7 Å². The minimum Gasteiger partial charge on any atom is -0.756 e. The molecule has 1 unspecified atom stereocenters. The summed E-state index contributed by atoms with van der Waals surface area (Å²) >= 11 is 0. The molecule has 324 valence electrons. The first-order valence-corrected chi connectivity index (χ1v) is 22.7. The van der Waals surface area contributed by atoms with Gasteiger partial charge in [0, 0.05) is 19.3 Å². The molecule has 0 fully saturated rings. The molecule has 0 aromatic heterocycles. The number of phosphoric acid groups is 1. The minimum absolute atomic E-state index is 0.0612. The second kappa shape index (κ2) is 37.2. The molecule has 0 aliphatic rings. The van der Waals surface area contributed by atoms with E-state index in [1.165, 1.54) is 19.3 Å². The number of phosphoric ester groups is 1.